The maximum absolute atomic E-state index is 15.0. The first-order valence-electron chi connectivity index (χ1n) is 14.6. The van der Waals surface area contributed by atoms with Gasteiger partial charge in [-0.3, -0.25) is 14.4 Å². The number of aliphatic carboxylic acids is 1. The number of methoxy groups -OCH3 is 1. The second-order valence-electron chi connectivity index (χ2n) is 13.1. The molecule has 0 radical (unpaired) electrons. The van der Waals surface area contributed by atoms with E-state index in [0.29, 0.717) is 57.0 Å². The van der Waals surface area contributed by atoms with Crippen LogP contribution < -0.4 is 20.1 Å². The van der Waals surface area contributed by atoms with Crippen LogP contribution in [0.3, 0.4) is 0 Å². The molecule has 0 heterocycles. The van der Waals surface area contributed by atoms with Crippen molar-refractivity contribution in [2.24, 2.45) is 28.6 Å². The fourth-order valence-corrected chi connectivity index (χ4v) is 7.22. The van der Waals surface area contributed by atoms with E-state index in [1.54, 1.807) is 6.92 Å². The Morgan fingerprint density at radius 1 is 1.12 bits per heavy atom. The Kier molecular flexibility index (Phi) is 8.05. The van der Waals surface area contributed by atoms with Crippen molar-refractivity contribution < 1.29 is 37.7 Å². The Balaban J connectivity index is 1.32. The Morgan fingerprint density at radius 3 is 2.41 bits per heavy atom. The summed E-state index contributed by atoms with van der Waals surface area (Å²) in [7, 11) is 1.33. The highest BCUT2D eigenvalue weighted by Gasteiger charge is 2.54. The summed E-state index contributed by atoms with van der Waals surface area (Å²) in [6.07, 6.45) is 6.25. The summed E-state index contributed by atoms with van der Waals surface area (Å²) in [5.41, 5.74) is -0.103. The van der Waals surface area contributed by atoms with Gasteiger partial charge in [0, 0.05) is 24.6 Å². The molecule has 0 aromatic heterocycles. The largest absolute Gasteiger partial charge is 0.496 e. The van der Waals surface area contributed by atoms with Crippen molar-refractivity contribution in [3.8, 4) is 11.5 Å². The number of ether oxygens (including phenoxy) is 2. The number of carboxylic acids is 1. The van der Waals surface area contributed by atoms with Crippen molar-refractivity contribution in [1.29, 1.82) is 0 Å². The number of amides is 2. The van der Waals surface area contributed by atoms with Gasteiger partial charge >= 0.3 is 5.97 Å². The van der Waals surface area contributed by atoms with Crippen LogP contribution in [0.15, 0.2) is 24.0 Å². The molecule has 1 aromatic carbocycles. The molecule has 4 fully saturated rings. The van der Waals surface area contributed by atoms with Gasteiger partial charge in [-0.25, -0.2) is 8.78 Å². The van der Waals surface area contributed by atoms with E-state index in [0.717, 1.165) is 25.3 Å². The van der Waals surface area contributed by atoms with Crippen LogP contribution in [0, 0.1) is 34.4 Å². The summed E-state index contributed by atoms with van der Waals surface area (Å²) < 4.78 is 39.9. The molecule has 4 atom stereocenters. The zero-order valence-corrected chi connectivity index (χ0v) is 23.9. The summed E-state index contributed by atoms with van der Waals surface area (Å²) >= 11 is 0. The van der Waals surface area contributed by atoms with Crippen molar-refractivity contribution in [1.82, 2.24) is 10.6 Å². The number of nitrogens with one attached hydrogen (secondary N) is 2. The molecule has 5 rings (SSSR count). The molecule has 1 aromatic rings. The predicted molar refractivity (Wildman–Crippen MR) is 147 cm³/mol. The first-order chi connectivity index (χ1) is 19.5. The summed E-state index contributed by atoms with van der Waals surface area (Å²) in [6.45, 7) is 4.42. The third-order valence-corrected chi connectivity index (χ3v) is 10.2. The highest BCUT2D eigenvalue weighted by molar-refractivity contribution is 5.98. The number of benzene rings is 1. The van der Waals surface area contributed by atoms with Crippen LogP contribution in [0.25, 0.3) is 0 Å². The SMILES string of the molecule is COc1cc(F)c(OC2CCC(C)(C(=O)O)CC2)cc1C(=O)N[C@H]1[C@@H](C(=O)NCC2(C)CCC2)[C@@H]2C/C(=C\F)[C@H]1C2. The fourth-order valence-electron chi connectivity index (χ4n) is 7.22. The van der Waals surface area contributed by atoms with Gasteiger partial charge in [-0.1, -0.05) is 13.3 Å². The highest BCUT2D eigenvalue weighted by Crippen LogP contribution is 2.52. The van der Waals surface area contributed by atoms with Crippen LogP contribution in [0.1, 0.15) is 82.0 Å². The Hall–Kier alpha value is -3.17. The molecule has 41 heavy (non-hydrogen) atoms. The van der Waals surface area contributed by atoms with E-state index in [9.17, 15) is 28.3 Å². The van der Waals surface area contributed by atoms with Crippen LogP contribution in [0.5, 0.6) is 11.5 Å². The number of halogens is 2. The van der Waals surface area contributed by atoms with E-state index in [1.807, 2.05) is 0 Å². The number of carboxylic acid groups (broad SMARTS) is 1. The lowest BCUT2D eigenvalue weighted by Gasteiger charge is -2.39. The Bertz CT molecular complexity index is 1240. The maximum atomic E-state index is 15.0. The molecule has 0 spiro atoms. The molecular formula is C31H40F2N2O6. The van der Waals surface area contributed by atoms with E-state index in [2.05, 4.69) is 17.6 Å². The molecule has 0 saturated heterocycles. The molecule has 0 unspecified atom stereocenters. The lowest BCUT2D eigenvalue weighted by atomic mass is 9.70. The van der Waals surface area contributed by atoms with E-state index < -0.39 is 41.2 Å². The van der Waals surface area contributed by atoms with Crippen LogP contribution >= 0.6 is 0 Å². The molecule has 4 aliphatic rings. The maximum Gasteiger partial charge on any atom is 0.309 e. The van der Waals surface area contributed by atoms with Crippen molar-refractivity contribution in [2.75, 3.05) is 13.7 Å². The first-order valence-corrected chi connectivity index (χ1v) is 14.6. The van der Waals surface area contributed by atoms with Crippen LogP contribution in [0.4, 0.5) is 8.78 Å². The molecule has 2 amide bonds. The second-order valence-corrected chi connectivity index (χ2v) is 13.1. The number of hydrogen-bond donors (Lipinski definition) is 3. The Morgan fingerprint density at radius 2 is 1.83 bits per heavy atom. The summed E-state index contributed by atoms with van der Waals surface area (Å²) in [5, 5.41) is 15.5. The Labute approximate surface area is 239 Å². The average Bonchev–Trinajstić information content (AvgIpc) is 3.51. The third-order valence-electron chi connectivity index (χ3n) is 10.2. The van der Waals surface area contributed by atoms with Gasteiger partial charge in [0.1, 0.15) is 5.75 Å². The number of rotatable bonds is 9. The van der Waals surface area contributed by atoms with E-state index in [-0.39, 0.29) is 40.2 Å². The molecule has 2 bridgehead atoms. The zero-order chi connectivity index (χ0) is 29.5. The summed E-state index contributed by atoms with van der Waals surface area (Å²) in [5.74, 6) is -3.23. The van der Waals surface area contributed by atoms with E-state index in [1.165, 1.54) is 13.2 Å². The van der Waals surface area contributed by atoms with Crippen molar-refractivity contribution in [3.63, 3.8) is 0 Å². The molecule has 4 saturated carbocycles. The van der Waals surface area contributed by atoms with Crippen LogP contribution in [0.2, 0.25) is 0 Å². The highest BCUT2D eigenvalue weighted by atomic mass is 19.1. The molecule has 8 nitrogen and oxygen atoms in total. The van der Waals surface area contributed by atoms with E-state index in [4.69, 9.17) is 9.47 Å². The van der Waals surface area contributed by atoms with Gasteiger partial charge in [-0.05, 0) is 81.3 Å². The minimum atomic E-state index is -0.860. The van der Waals surface area contributed by atoms with Gasteiger partial charge in [-0.15, -0.1) is 0 Å². The summed E-state index contributed by atoms with van der Waals surface area (Å²) in [4.78, 5) is 38.6. The van der Waals surface area contributed by atoms with Gasteiger partial charge in [0.15, 0.2) is 11.6 Å². The van der Waals surface area contributed by atoms with Gasteiger partial charge in [0.25, 0.3) is 5.91 Å². The monoisotopic (exact) mass is 574 g/mol. The number of carbonyl (C=O) groups is 3. The van der Waals surface area contributed by atoms with Gasteiger partial charge in [0.2, 0.25) is 5.91 Å². The van der Waals surface area contributed by atoms with E-state index >= 15 is 0 Å². The standard InChI is InChI=1S/C31H40F2N2O6/c1-30(7-4-8-30)16-34-28(37)25-17-11-18(15-32)20(12-17)26(25)35-27(36)21-13-24(22(33)14-23(21)40-3)41-19-5-9-31(2,10-6-19)29(38)39/h13-15,17,19-20,25-26H,4-12,16H2,1-3H3,(H,34,37)(H,35,36)(H,38,39)/b18-15+/t17-,19?,20-,25+,26-,31?/m1/s1. The lowest BCUT2D eigenvalue weighted by molar-refractivity contribution is -0.150. The molecule has 0 aliphatic heterocycles. The van der Waals surface area contributed by atoms with Gasteiger partial charge < -0.3 is 25.2 Å². The number of hydrogen-bond acceptors (Lipinski definition) is 5. The normalized spacial score (nSPS) is 32.7. The lowest BCUT2D eigenvalue weighted by Crippen LogP contribution is -2.52. The van der Waals surface area contributed by atoms with Crippen molar-refractivity contribution in [3.05, 3.63) is 35.4 Å². The minimum Gasteiger partial charge on any atom is -0.496 e. The molecule has 224 valence electrons. The average molecular weight is 575 g/mol. The number of carbonyl (C=O) groups excluding carboxylic acids is 2. The van der Waals surface area contributed by atoms with Crippen molar-refractivity contribution >= 4 is 17.8 Å². The molecule has 10 heteroatoms. The second kappa shape index (κ2) is 11.2. The molecule has 3 N–H and O–H groups in total. The zero-order valence-electron chi connectivity index (χ0n) is 23.9. The quantitative estimate of drug-likeness (QED) is 0.376. The summed E-state index contributed by atoms with van der Waals surface area (Å²) in [6, 6.07) is 1.77. The minimum absolute atomic E-state index is 0.0118. The molecule has 4 aliphatic carbocycles. The predicted octanol–water partition coefficient (Wildman–Crippen LogP) is 5.16. The number of fused-ring (bicyclic) bond motifs is 2. The van der Waals surface area contributed by atoms with Crippen LogP contribution in [-0.2, 0) is 9.59 Å². The smallest absolute Gasteiger partial charge is 0.309 e. The first kappa shape index (κ1) is 29.3. The van der Waals surface area contributed by atoms with Crippen molar-refractivity contribution in [2.45, 2.75) is 83.8 Å². The fraction of sp³-hybridized carbons (Fsp3) is 0.645. The topological polar surface area (TPSA) is 114 Å². The third kappa shape index (κ3) is 5.66. The van der Waals surface area contributed by atoms with Gasteiger partial charge in [-0.2, -0.15) is 0 Å². The van der Waals surface area contributed by atoms with Gasteiger partial charge in [0.05, 0.1) is 36.4 Å². The van der Waals surface area contributed by atoms with Crippen LogP contribution in [-0.4, -0.2) is 48.7 Å². The molecular weight excluding hydrogens is 534 g/mol.